The van der Waals surface area contributed by atoms with Gasteiger partial charge in [-0.15, -0.1) is 0 Å². The van der Waals surface area contributed by atoms with E-state index in [9.17, 15) is 4.79 Å². The zero-order valence-corrected chi connectivity index (χ0v) is 16.8. The van der Waals surface area contributed by atoms with Crippen LogP contribution in [-0.2, 0) is 17.7 Å². The minimum absolute atomic E-state index is 0.120. The van der Waals surface area contributed by atoms with Crippen LogP contribution in [0.4, 0.5) is 5.69 Å². The molecule has 1 aromatic heterocycles. The Balaban J connectivity index is 1.46. The first-order valence-corrected chi connectivity index (χ1v) is 9.82. The molecular weight excluding hydrogens is 366 g/mol. The summed E-state index contributed by atoms with van der Waals surface area (Å²) in [6, 6.07) is 15.8. The summed E-state index contributed by atoms with van der Waals surface area (Å²) in [5.74, 6) is 1.28. The number of benzene rings is 2. The minimum atomic E-state index is -0.120. The second-order valence-corrected chi connectivity index (χ2v) is 7.15. The predicted octanol–water partition coefficient (Wildman–Crippen LogP) is 3.59. The highest BCUT2D eigenvalue weighted by Crippen LogP contribution is 2.30. The highest BCUT2D eigenvalue weighted by atomic mass is 16.5. The van der Waals surface area contributed by atoms with E-state index in [1.165, 1.54) is 11.3 Å². The molecule has 2 aromatic carbocycles. The van der Waals surface area contributed by atoms with Crippen molar-refractivity contribution in [3.63, 3.8) is 0 Å². The highest BCUT2D eigenvalue weighted by Gasteiger charge is 2.21. The first-order valence-electron chi connectivity index (χ1n) is 9.82. The van der Waals surface area contributed by atoms with Crippen LogP contribution in [0, 0.1) is 6.92 Å². The third kappa shape index (κ3) is 4.17. The molecule has 4 rings (SSSR count). The number of para-hydroxylation sites is 1. The van der Waals surface area contributed by atoms with Crippen LogP contribution in [0.2, 0.25) is 0 Å². The summed E-state index contributed by atoms with van der Waals surface area (Å²) >= 11 is 0. The fourth-order valence-corrected chi connectivity index (χ4v) is 3.58. The van der Waals surface area contributed by atoms with E-state index in [1.807, 2.05) is 19.1 Å². The average molecular weight is 391 g/mol. The van der Waals surface area contributed by atoms with Crippen molar-refractivity contribution in [1.82, 2.24) is 10.3 Å². The summed E-state index contributed by atoms with van der Waals surface area (Å²) in [5.41, 5.74) is 5.06. The van der Waals surface area contributed by atoms with Gasteiger partial charge in [-0.3, -0.25) is 4.79 Å². The number of fused-ring (bicyclic) bond motifs is 1. The fraction of sp³-hybridized carbons (Fsp3) is 0.304. The lowest BCUT2D eigenvalue weighted by molar-refractivity contribution is 0.0937. The maximum atomic E-state index is 12.1. The lowest BCUT2D eigenvalue weighted by atomic mass is 10.1. The van der Waals surface area contributed by atoms with E-state index < -0.39 is 0 Å². The zero-order chi connectivity index (χ0) is 20.2. The van der Waals surface area contributed by atoms with Crippen molar-refractivity contribution in [3.05, 3.63) is 71.1 Å². The summed E-state index contributed by atoms with van der Waals surface area (Å²) in [6.07, 6.45) is 1.06. The van der Waals surface area contributed by atoms with E-state index in [4.69, 9.17) is 14.1 Å². The Morgan fingerprint density at radius 3 is 2.79 bits per heavy atom. The molecule has 1 amide bonds. The SMILES string of the molecule is COCCNC(=O)c1ccc(-c2nc(CN3CCc4ccccc43)c(C)o2)cc1. The molecule has 1 aliphatic rings. The van der Waals surface area contributed by atoms with Crippen LogP contribution in [-0.4, -0.2) is 37.7 Å². The lowest BCUT2D eigenvalue weighted by Gasteiger charge is -2.17. The highest BCUT2D eigenvalue weighted by molar-refractivity contribution is 5.94. The van der Waals surface area contributed by atoms with Crippen molar-refractivity contribution in [2.24, 2.45) is 0 Å². The lowest BCUT2D eigenvalue weighted by Crippen LogP contribution is -2.26. The summed E-state index contributed by atoms with van der Waals surface area (Å²) in [4.78, 5) is 19.2. The number of oxazole rings is 1. The molecule has 0 saturated carbocycles. The quantitative estimate of drug-likeness (QED) is 0.624. The molecule has 0 spiro atoms. The smallest absolute Gasteiger partial charge is 0.251 e. The van der Waals surface area contributed by atoms with Crippen molar-refractivity contribution in [2.75, 3.05) is 31.7 Å². The normalized spacial score (nSPS) is 12.8. The van der Waals surface area contributed by atoms with Gasteiger partial charge in [0.25, 0.3) is 5.91 Å². The Morgan fingerprint density at radius 2 is 2.00 bits per heavy atom. The molecule has 0 saturated heterocycles. The first-order chi connectivity index (χ1) is 14.2. The second kappa shape index (κ2) is 8.49. The van der Waals surface area contributed by atoms with Crippen LogP contribution in [0.1, 0.15) is 27.4 Å². The summed E-state index contributed by atoms with van der Waals surface area (Å²) in [7, 11) is 1.61. The van der Waals surface area contributed by atoms with E-state index in [1.54, 1.807) is 19.2 Å². The standard InChI is InChI=1S/C23H25N3O3/c1-16-20(15-26-13-11-17-5-3-4-6-21(17)26)25-23(29-16)19-9-7-18(8-10-19)22(27)24-12-14-28-2/h3-10H,11-15H2,1-2H3,(H,24,27). The van der Waals surface area contributed by atoms with Crippen LogP contribution in [0.15, 0.2) is 52.9 Å². The topological polar surface area (TPSA) is 67.6 Å². The van der Waals surface area contributed by atoms with E-state index in [-0.39, 0.29) is 5.91 Å². The van der Waals surface area contributed by atoms with Gasteiger partial charge in [0.05, 0.1) is 13.2 Å². The average Bonchev–Trinajstić information content (AvgIpc) is 3.32. The molecule has 0 unspecified atom stereocenters. The molecule has 0 radical (unpaired) electrons. The number of aryl methyl sites for hydroxylation is 1. The monoisotopic (exact) mass is 391 g/mol. The van der Waals surface area contributed by atoms with Crippen molar-refractivity contribution < 1.29 is 13.9 Å². The fourth-order valence-electron chi connectivity index (χ4n) is 3.58. The van der Waals surface area contributed by atoms with Crippen molar-refractivity contribution in [1.29, 1.82) is 0 Å². The second-order valence-electron chi connectivity index (χ2n) is 7.15. The molecule has 0 aliphatic carbocycles. The van der Waals surface area contributed by atoms with Gasteiger partial charge in [0, 0.05) is 37.0 Å². The van der Waals surface area contributed by atoms with Gasteiger partial charge in [0.15, 0.2) is 0 Å². The largest absolute Gasteiger partial charge is 0.441 e. The Labute approximate surface area is 170 Å². The van der Waals surface area contributed by atoms with Crippen LogP contribution in [0.5, 0.6) is 0 Å². The van der Waals surface area contributed by atoms with Crippen molar-refractivity contribution >= 4 is 11.6 Å². The summed E-state index contributed by atoms with van der Waals surface area (Å²) in [6.45, 7) is 4.65. The Hall–Kier alpha value is -3.12. The van der Waals surface area contributed by atoms with E-state index in [0.717, 1.165) is 36.5 Å². The first kappa shape index (κ1) is 19.2. The van der Waals surface area contributed by atoms with Gasteiger partial charge in [0.1, 0.15) is 11.5 Å². The Morgan fingerprint density at radius 1 is 1.21 bits per heavy atom. The number of hydrogen-bond donors (Lipinski definition) is 1. The Bertz CT molecular complexity index is 995. The number of carbonyl (C=O) groups excluding carboxylic acids is 1. The molecule has 1 N–H and O–H groups in total. The number of amides is 1. The number of anilines is 1. The number of hydrogen-bond acceptors (Lipinski definition) is 5. The van der Waals surface area contributed by atoms with Gasteiger partial charge in [0.2, 0.25) is 5.89 Å². The van der Waals surface area contributed by atoms with Crippen molar-refractivity contribution in [3.8, 4) is 11.5 Å². The number of carbonyl (C=O) groups is 1. The molecule has 0 bridgehead atoms. The molecule has 6 nitrogen and oxygen atoms in total. The summed E-state index contributed by atoms with van der Waals surface area (Å²) < 4.78 is 10.9. The van der Waals surface area contributed by atoms with Crippen LogP contribution >= 0.6 is 0 Å². The number of rotatable bonds is 7. The summed E-state index contributed by atoms with van der Waals surface area (Å²) in [5, 5.41) is 2.81. The number of ether oxygens (including phenoxy) is 1. The molecule has 150 valence electrons. The molecule has 3 aromatic rings. The zero-order valence-electron chi connectivity index (χ0n) is 16.8. The van der Waals surface area contributed by atoms with E-state index in [0.29, 0.717) is 24.6 Å². The van der Waals surface area contributed by atoms with Gasteiger partial charge < -0.3 is 19.4 Å². The van der Waals surface area contributed by atoms with Gasteiger partial charge >= 0.3 is 0 Å². The predicted molar refractivity (Wildman–Crippen MR) is 112 cm³/mol. The van der Waals surface area contributed by atoms with Crippen LogP contribution < -0.4 is 10.2 Å². The van der Waals surface area contributed by atoms with Gasteiger partial charge in [-0.05, 0) is 49.2 Å². The minimum Gasteiger partial charge on any atom is -0.441 e. The van der Waals surface area contributed by atoms with Crippen LogP contribution in [0.25, 0.3) is 11.5 Å². The van der Waals surface area contributed by atoms with Gasteiger partial charge in [-0.25, -0.2) is 4.98 Å². The van der Waals surface area contributed by atoms with Crippen molar-refractivity contribution in [2.45, 2.75) is 19.9 Å². The molecule has 2 heterocycles. The third-order valence-electron chi connectivity index (χ3n) is 5.20. The number of aromatic nitrogens is 1. The molecule has 0 fully saturated rings. The third-order valence-corrected chi connectivity index (χ3v) is 5.20. The molecule has 6 heteroatoms. The van der Waals surface area contributed by atoms with E-state index in [2.05, 4.69) is 34.5 Å². The molecule has 29 heavy (non-hydrogen) atoms. The number of nitrogens with zero attached hydrogens (tertiary/aromatic N) is 2. The maximum Gasteiger partial charge on any atom is 0.251 e. The molecular formula is C23H25N3O3. The maximum absolute atomic E-state index is 12.1. The van der Waals surface area contributed by atoms with Gasteiger partial charge in [-0.1, -0.05) is 18.2 Å². The Kier molecular flexibility index (Phi) is 5.62. The molecule has 1 aliphatic heterocycles. The molecule has 0 atom stereocenters. The van der Waals surface area contributed by atoms with E-state index >= 15 is 0 Å². The number of nitrogens with one attached hydrogen (secondary N) is 1. The van der Waals surface area contributed by atoms with Gasteiger partial charge in [-0.2, -0.15) is 0 Å². The number of methoxy groups -OCH3 is 1. The van der Waals surface area contributed by atoms with Crippen LogP contribution in [0.3, 0.4) is 0 Å².